The van der Waals surface area contributed by atoms with E-state index in [0.717, 1.165) is 0 Å². The van der Waals surface area contributed by atoms with E-state index >= 15 is 0 Å². The first-order chi connectivity index (χ1) is 0. The van der Waals surface area contributed by atoms with Gasteiger partial charge in [-0.2, -0.15) is 0 Å². The summed E-state index contributed by atoms with van der Waals surface area (Å²) in [5.74, 6) is 0. The van der Waals surface area contributed by atoms with E-state index in [0.29, 0.717) is 0 Å². The maximum atomic E-state index is 0. The van der Waals surface area contributed by atoms with Crippen LogP contribution in [0.1, 0.15) is 0 Å². The summed E-state index contributed by atoms with van der Waals surface area (Å²) in [5.41, 5.74) is 0. The SMILES string of the molecule is O.[La+3].[O-2].[O-2].[O-2].[OH-].[Ti+4]. The van der Waals surface area contributed by atoms with Gasteiger partial charge in [0.2, 0.25) is 0 Å². The van der Waals surface area contributed by atoms with Gasteiger partial charge in [-0.15, -0.1) is 0 Å². The van der Waals surface area contributed by atoms with Crippen LogP contribution in [-0.2, 0) is 38.1 Å². The summed E-state index contributed by atoms with van der Waals surface area (Å²) >= 11 is 0. The molecule has 0 aliphatic carbocycles. The molecule has 7 heteroatoms. The molecule has 3 N–H and O–H groups in total. The van der Waals surface area contributed by atoms with Gasteiger partial charge in [0.15, 0.2) is 0 Å². The third-order valence-corrected chi connectivity index (χ3v) is 0. The Morgan fingerprint density at radius 3 is 0.714 bits per heavy atom. The van der Waals surface area contributed by atoms with Crippen LogP contribution in [0, 0.1) is 35.6 Å². The maximum Gasteiger partial charge on any atom is 4.00 e. The third kappa shape index (κ3) is 86.0. The van der Waals surface area contributed by atoms with E-state index in [1.807, 2.05) is 0 Å². The summed E-state index contributed by atoms with van der Waals surface area (Å²) in [6.45, 7) is 0. The van der Waals surface area contributed by atoms with Crippen molar-refractivity contribution in [2.75, 3.05) is 0 Å². The third-order valence-electron chi connectivity index (χ3n) is 0. The molecule has 0 spiro atoms. The average Bonchev–Trinajstić information content (AvgIpc) is 0. The standard InChI is InChI=1S/La.2H2O.3O.Ti/h;2*1H2;;;;/q+3;;;3*-2;+4/p-1. The van der Waals surface area contributed by atoms with E-state index in [2.05, 4.69) is 0 Å². The summed E-state index contributed by atoms with van der Waals surface area (Å²) in [5, 5.41) is 0. The van der Waals surface area contributed by atoms with Crippen LogP contribution in [0.2, 0.25) is 0 Å². The predicted molar refractivity (Wildman–Crippen MR) is 7.61 cm³/mol. The van der Waals surface area contributed by atoms with E-state index in [-0.39, 0.29) is 84.7 Å². The summed E-state index contributed by atoms with van der Waals surface area (Å²) < 4.78 is 0. The molecule has 0 unspecified atom stereocenters. The molecule has 0 aliphatic heterocycles. The van der Waals surface area contributed by atoms with Gasteiger partial charge in [0, 0.05) is 0 Å². The monoisotopic (exact) mass is 270 g/mol. The van der Waals surface area contributed by atoms with E-state index in [9.17, 15) is 0 Å². The molecule has 0 bridgehead atoms. The smallest absolute Gasteiger partial charge is 2.00 e. The summed E-state index contributed by atoms with van der Waals surface area (Å²) in [7, 11) is 0. The number of rotatable bonds is 0. The minimum atomic E-state index is 0. The Hall–Kier alpha value is 1.71. The molecule has 7 heavy (non-hydrogen) atoms. The summed E-state index contributed by atoms with van der Waals surface area (Å²) in [6, 6.07) is 0. The topological polar surface area (TPSA) is 147 Å². The molecule has 0 amide bonds. The average molecular weight is 270 g/mol. The fraction of sp³-hybridized carbons (Fsp3) is 0. The fourth-order valence-corrected chi connectivity index (χ4v) is 0. The van der Waals surface area contributed by atoms with Gasteiger partial charge in [-0.3, -0.25) is 0 Å². The van der Waals surface area contributed by atoms with Crippen molar-refractivity contribution in [2.45, 2.75) is 0 Å². The van der Waals surface area contributed by atoms with Gasteiger partial charge in [0.25, 0.3) is 0 Å². The summed E-state index contributed by atoms with van der Waals surface area (Å²) in [4.78, 5) is 0. The minimum absolute atomic E-state index is 0. The second kappa shape index (κ2) is 119. The molecular weight excluding hydrogens is 267 g/mol. The molecule has 0 aromatic rings. The fourth-order valence-electron chi connectivity index (χ4n) is 0. The Kier molecular flexibility index (Phi) is 3010. The van der Waals surface area contributed by atoms with Crippen LogP contribution in [-0.4, -0.2) is 11.0 Å². The number of hydrogen-bond donors (Lipinski definition) is 0. The zero-order valence-electron chi connectivity index (χ0n) is 3.25. The molecule has 0 saturated heterocycles. The molecule has 0 rings (SSSR count). The van der Waals surface area contributed by atoms with Gasteiger partial charge in [-0.25, -0.2) is 0 Å². The second-order valence-electron chi connectivity index (χ2n) is 0. The molecule has 0 heterocycles. The van der Waals surface area contributed by atoms with Crippen molar-refractivity contribution in [3.8, 4) is 0 Å². The van der Waals surface area contributed by atoms with Crippen LogP contribution in [0.4, 0.5) is 0 Å². The minimum Gasteiger partial charge on any atom is -2.00 e. The second-order valence-corrected chi connectivity index (χ2v) is 0. The zero-order chi connectivity index (χ0) is 0. The van der Waals surface area contributed by atoms with Crippen LogP contribution in [0.15, 0.2) is 0 Å². The van der Waals surface area contributed by atoms with Gasteiger partial charge in [-0.05, 0) is 0 Å². The molecule has 0 aromatic carbocycles. The first-order valence-electron chi connectivity index (χ1n) is 0. The Morgan fingerprint density at radius 1 is 0.714 bits per heavy atom. The van der Waals surface area contributed by atoms with E-state index in [4.69, 9.17) is 0 Å². The van der Waals surface area contributed by atoms with Crippen molar-refractivity contribution in [2.24, 2.45) is 0 Å². The molecule has 0 fully saturated rings. The molecular formula is H3LaO5Ti. The van der Waals surface area contributed by atoms with Crippen molar-refractivity contribution >= 4 is 0 Å². The van der Waals surface area contributed by atoms with E-state index in [1.54, 1.807) is 0 Å². The van der Waals surface area contributed by atoms with Crippen molar-refractivity contribution in [3.63, 3.8) is 0 Å². The Bertz CT molecular complexity index is 8.04. The van der Waals surface area contributed by atoms with Crippen molar-refractivity contribution < 1.29 is 84.7 Å². The van der Waals surface area contributed by atoms with Crippen molar-refractivity contribution in [1.29, 1.82) is 0 Å². The van der Waals surface area contributed by atoms with Crippen LogP contribution in [0.25, 0.3) is 0 Å². The molecule has 0 aromatic heterocycles. The van der Waals surface area contributed by atoms with Crippen LogP contribution in [0.3, 0.4) is 0 Å². The van der Waals surface area contributed by atoms with Crippen LogP contribution < -0.4 is 0 Å². The number of hydrogen-bond acceptors (Lipinski definition) is 1. The van der Waals surface area contributed by atoms with Gasteiger partial charge >= 0.3 is 57.3 Å². The first kappa shape index (κ1) is 177. The van der Waals surface area contributed by atoms with E-state index < -0.39 is 0 Å². The largest absolute Gasteiger partial charge is 4.00 e. The van der Waals surface area contributed by atoms with Gasteiger partial charge in [0.05, 0.1) is 0 Å². The van der Waals surface area contributed by atoms with Crippen molar-refractivity contribution in [3.05, 3.63) is 0 Å². The van der Waals surface area contributed by atoms with Gasteiger partial charge < -0.3 is 27.4 Å². The summed E-state index contributed by atoms with van der Waals surface area (Å²) in [6.07, 6.45) is 0. The molecule has 0 atom stereocenters. The molecule has 40 valence electrons. The van der Waals surface area contributed by atoms with Crippen LogP contribution >= 0.6 is 0 Å². The van der Waals surface area contributed by atoms with Crippen molar-refractivity contribution in [1.82, 2.24) is 0 Å². The molecule has 0 saturated carbocycles. The normalized spacial score (nSPS) is 0. The molecule has 0 aliphatic rings. The first-order valence-corrected chi connectivity index (χ1v) is 0. The van der Waals surface area contributed by atoms with Gasteiger partial charge in [-0.1, -0.05) is 0 Å². The Balaban J connectivity index is 0. The van der Waals surface area contributed by atoms with Crippen LogP contribution in [0.5, 0.6) is 0 Å². The zero-order valence-corrected chi connectivity index (χ0v) is 8.44. The quantitative estimate of drug-likeness (QED) is 0.491. The predicted octanol–water partition coefficient (Wildman–Crippen LogP) is -1.36. The van der Waals surface area contributed by atoms with E-state index in [1.165, 1.54) is 0 Å². The Morgan fingerprint density at radius 2 is 0.714 bits per heavy atom. The molecule has 5 nitrogen and oxygen atoms in total. The Labute approximate surface area is 83.9 Å². The maximum absolute atomic E-state index is 0. The van der Waals surface area contributed by atoms with Gasteiger partial charge in [0.1, 0.15) is 0 Å². The molecule has 0 radical (unpaired) electrons.